The SMILES string of the molecule is CC(C)C[C@@H](C(=O)N[C@H](C)c1ccc(F)cc1F)N1Cc2cc(F)ccc2NC1=O. The Labute approximate surface area is 173 Å². The van der Waals surface area contributed by atoms with Gasteiger partial charge in [0.1, 0.15) is 23.5 Å². The molecule has 8 heteroatoms. The number of nitrogens with one attached hydrogen (secondary N) is 2. The first kappa shape index (κ1) is 21.7. The fourth-order valence-electron chi connectivity index (χ4n) is 3.57. The molecule has 160 valence electrons. The summed E-state index contributed by atoms with van der Waals surface area (Å²) in [5.41, 5.74) is 1.21. The monoisotopic (exact) mass is 419 g/mol. The molecule has 0 saturated heterocycles. The first-order chi connectivity index (χ1) is 14.2. The second kappa shape index (κ2) is 8.77. The number of urea groups is 1. The summed E-state index contributed by atoms with van der Waals surface area (Å²) < 4.78 is 40.9. The quantitative estimate of drug-likeness (QED) is 0.710. The van der Waals surface area contributed by atoms with Crippen molar-refractivity contribution in [1.29, 1.82) is 0 Å². The maximum atomic E-state index is 14.1. The zero-order chi connectivity index (χ0) is 22.0. The van der Waals surface area contributed by atoms with Crippen LogP contribution in [0.3, 0.4) is 0 Å². The number of carbonyl (C=O) groups excluding carboxylic acids is 2. The minimum absolute atomic E-state index is 0.0724. The molecule has 0 radical (unpaired) electrons. The zero-order valence-corrected chi connectivity index (χ0v) is 17.0. The van der Waals surface area contributed by atoms with E-state index in [0.717, 1.165) is 12.1 Å². The second-order valence-corrected chi connectivity index (χ2v) is 7.90. The lowest BCUT2D eigenvalue weighted by Crippen LogP contribution is -2.53. The predicted molar refractivity (Wildman–Crippen MR) is 107 cm³/mol. The van der Waals surface area contributed by atoms with Gasteiger partial charge in [0.2, 0.25) is 5.91 Å². The number of hydrogen-bond acceptors (Lipinski definition) is 2. The van der Waals surface area contributed by atoms with Crippen LogP contribution in [-0.2, 0) is 11.3 Å². The maximum absolute atomic E-state index is 14.1. The van der Waals surface area contributed by atoms with Crippen molar-refractivity contribution in [3.05, 3.63) is 65.0 Å². The van der Waals surface area contributed by atoms with Crippen molar-refractivity contribution in [3.63, 3.8) is 0 Å². The number of amides is 3. The van der Waals surface area contributed by atoms with Gasteiger partial charge in [-0.3, -0.25) is 4.79 Å². The van der Waals surface area contributed by atoms with Crippen LogP contribution < -0.4 is 10.6 Å². The molecular formula is C22H24F3N3O2. The van der Waals surface area contributed by atoms with E-state index < -0.39 is 41.5 Å². The molecule has 2 atom stereocenters. The topological polar surface area (TPSA) is 61.4 Å². The van der Waals surface area contributed by atoms with Gasteiger partial charge >= 0.3 is 6.03 Å². The van der Waals surface area contributed by atoms with Gasteiger partial charge in [0, 0.05) is 17.3 Å². The molecule has 0 spiro atoms. The standard InChI is InChI=1S/C22H24F3N3O2/c1-12(2)8-20(21(29)26-13(3)17-6-4-16(24)10-18(17)25)28-11-14-9-15(23)5-7-19(14)27-22(28)30/h4-7,9-10,12-13,20H,8,11H2,1-3H3,(H,26,29)(H,27,30)/t13-,20+/m1/s1. The Morgan fingerprint density at radius 1 is 1.10 bits per heavy atom. The highest BCUT2D eigenvalue weighted by Gasteiger charge is 2.34. The third-order valence-electron chi connectivity index (χ3n) is 5.07. The first-order valence-corrected chi connectivity index (χ1v) is 9.77. The summed E-state index contributed by atoms with van der Waals surface area (Å²) in [5, 5.41) is 5.40. The van der Waals surface area contributed by atoms with E-state index >= 15 is 0 Å². The molecule has 2 aromatic rings. The van der Waals surface area contributed by atoms with Gasteiger partial charge in [-0.05, 0) is 49.1 Å². The van der Waals surface area contributed by atoms with Gasteiger partial charge in [0.25, 0.3) is 0 Å². The van der Waals surface area contributed by atoms with E-state index in [1.807, 2.05) is 13.8 Å². The lowest BCUT2D eigenvalue weighted by atomic mass is 9.99. The third-order valence-corrected chi connectivity index (χ3v) is 5.07. The molecule has 5 nitrogen and oxygen atoms in total. The average Bonchev–Trinajstić information content (AvgIpc) is 2.65. The minimum atomic E-state index is -0.840. The van der Waals surface area contributed by atoms with Gasteiger partial charge in [0.15, 0.2) is 0 Å². The Kier molecular flexibility index (Phi) is 6.34. The van der Waals surface area contributed by atoms with Gasteiger partial charge in [-0.1, -0.05) is 19.9 Å². The van der Waals surface area contributed by atoms with Crippen LogP contribution in [0.25, 0.3) is 0 Å². The van der Waals surface area contributed by atoms with Crippen LogP contribution in [0, 0.1) is 23.4 Å². The Bertz CT molecular complexity index is 965. The molecule has 0 bridgehead atoms. The van der Waals surface area contributed by atoms with Crippen LogP contribution in [0.2, 0.25) is 0 Å². The van der Waals surface area contributed by atoms with Crippen molar-refractivity contribution in [1.82, 2.24) is 10.2 Å². The Balaban J connectivity index is 1.83. The largest absolute Gasteiger partial charge is 0.348 e. The van der Waals surface area contributed by atoms with Crippen LogP contribution >= 0.6 is 0 Å². The number of rotatable bonds is 6. The molecule has 0 fully saturated rings. The fourth-order valence-corrected chi connectivity index (χ4v) is 3.57. The van der Waals surface area contributed by atoms with E-state index in [4.69, 9.17) is 0 Å². The maximum Gasteiger partial charge on any atom is 0.322 e. The Morgan fingerprint density at radius 2 is 1.77 bits per heavy atom. The van der Waals surface area contributed by atoms with Crippen molar-refractivity contribution in [2.45, 2.75) is 45.8 Å². The molecule has 1 heterocycles. The van der Waals surface area contributed by atoms with Crippen molar-refractivity contribution in [3.8, 4) is 0 Å². The first-order valence-electron chi connectivity index (χ1n) is 9.77. The fraction of sp³-hybridized carbons (Fsp3) is 0.364. The van der Waals surface area contributed by atoms with E-state index in [1.165, 1.54) is 29.2 Å². The summed E-state index contributed by atoms with van der Waals surface area (Å²) >= 11 is 0. The molecule has 3 rings (SSSR count). The molecule has 1 aliphatic heterocycles. The van der Waals surface area contributed by atoms with Crippen LogP contribution in [-0.4, -0.2) is 22.9 Å². The molecule has 3 amide bonds. The van der Waals surface area contributed by atoms with Crippen molar-refractivity contribution >= 4 is 17.6 Å². The van der Waals surface area contributed by atoms with E-state index in [9.17, 15) is 22.8 Å². The van der Waals surface area contributed by atoms with Crippen molar-refractivity contribution in [2.24, 2.45) is 5.92 Å². The molecular weight excluding hydrogens is 395 g/mol. The van der Waals surface area contributed by atoms with Gasteiger partial charge < -0.3 is 15.5 Å². The molecule has 2 aromatic carbocycles. The predicted octanol–water partition coefficient (Wildman–Crippen LogP) is 4.74. The summed E-state index contributed by atoms with van der Waals surface area (Å²) in [5.74, 6) is -2.28. The number of carbonyl (C=O) groups is 2. The number of hydrogen-bond donors (Lipinski definition) is 2. The molecule has 2 N–H and O–H groups in total. The van der Waals surface area contributed by atoms with Gasteiger partial charge in [0.05, 0.1) is 12.6 Å². The smallest absolute Gasteiger partial charge is 0.322 e. The number of fused-ring (bicyclic) bond motifs is 1. The van der Waals surface area contributed by atoms with Gasteiger partial charge in [-0.2, -0.15) is 0 Å². The summed E-state index contributed by atoms with van der Waals surface area (Å²) in [6, 6.07) is 5.18. The second-order valence-electron chi connectivity index (χ2n) is 7.90. The highest BCUT2D eigenvalue weighted by Crippen LogP contribution is 2.28. The van der Waals surface area contributed by atoms with Crippen molar-refractivity contribution < 1.29 is 22.8 Å². The lowest BCUT2D eigenvalue weighted by molar-refractivity contribution is -0.126. The third kappa shape index (κ3) is 4.75. The highest BCUT2D eigenvalue weighted by atomic mass is 19.1. The summed E-state index contributed by atoms with van der Waals surface area (Å²) in [7, 11) is 0. The van der Waals surface area contributed by atoms with Gasteiger partial charge in [-0.25, -0.2) is 18.0 Å². The molecule has 0 aromatic heterocycles. The minimum Gasteiger partial charge on any atom is -0.348 e. The summed E-state index contributed by atoms with van der Waals surface area (Å²) in [6.45, 7) is 5.49. The zero-order valence-electron chi connectivity index (χ0n) is 17.0. The molecule has 30 heavy (non-hydrogen) atoms. The average molecular weight is 419 g/mol. The van der Waals surface area contributed by atoms with Crippen LogP contribution in [0.4, 0.5) is 23.7 Å². The lowest BCUT2D eigenvalue weighted by Gasteiger charge is -2.36. The van der Waals surface area contributed by atoms with E-state index in [1.54, 1.807) is 6.92 Å². The highest BCUT2D eigenvalue weighted by molar-refractivity contribution is 5.96. The number of nitrogens with zero attached hydrogens (tertiary/aromatic N) is 1. The molecule has 0 saturated carbocycles. The number of anilines is 1. The normalized spacial score (nSPS) is 15.4. The molecule has 0 aliphatic carbocycles. The Hall–Kier alpha value is -3.03. The van der Waals surface area contributed by atoms with E-state index in [0.29, 0.717) is 17.7 Å². The number of benzene rings is 2. The van der Waals surface area contributed by atoms with E-state index in [2.05, 4.69) is 10.6 Å². The van der Waals surface area contributed by atoms with Crippen LogP contribution in [0.1, 0.15) is 44.4 Å². The van der Waals surface area contributed by atoms with Crippen molar-refractivity contribution in [2.75, 3.05) is 5.32 Å². The summed E-state index contributed by atoms with van der Waals surface area (Å²) in [6.07, 6.45) is 0.364. The number of halogens is 3. The van der Waals surface area contributed by atoms with Crippen LogP contribution in [0.15, 0.2) is 36.4 Å². The molecule has 0 unspecified atom stereocenters. The van der Waals surface area contributed by atoms with Gasteiger partial charge in [-0.15, -0.1) is 0 Å². The van der Waals surface area contributed by atoms with E-state index in [-0.39, 0.29) is 18.0 Å². The Morgan fingerprint density at radius 3 is 2.43 bits per heavy atom. The van der Waals surface area contributed by atoms with Crippen LogP contribution in [0.5, 0.6) is 0 Å². The molecule has 1 aliphatic rings. The summed E-state index contributed by atoms with van der Waals surface area (Å²) in [4.78, 5) is 27.1.